The van der Waals surface area contributed by atoms with Gasteiger partial charge in [0.15, 0.2) is 0 Å². The number of ether oxygens (including phenoxy) is 1. The van der Waals surface area contributed by atoms with Gasteiger partial charge >= 0.3 is 0 Å². The number of nitrogens with zero attached hydrogens (tertiary/aromatic N) is 2. The van der Waals surface area contributed by atoms with Crippen molar-refractivity contribution in [2.45, 2.75) is 4.90 Å². The molecular formula is C20H20ClN3O4S. The number of hydrogen-bond acceptors (Lipinski definition) is 4. The van der Waals surface area contributed by atoms with Crippen LogP contribution in [-0.4, -0.2) is 61.8 Å². The zero-order valence-corrected chi connectivity index (χ0v) is 17.3. The summed E-state index contributed by atoms with van der Waals surface area (Å²) in [6.45, 7) is 1.13. The molecule has 0 saturated carbocycles. The molecule has 152 valence electrons. The van der Waals surface area contributed by atoms with Crippen LogP contribution >= 0.6 is 11.6 Å². The minimum atomic E-state index is -3.61. The highest BCUT2D eigenvalue weighted by Gasteiger charge is 2.30. The van der Waals surface area contributed by atoms with Crippen LogP contribution < -0.4 is 4.74 Å². The summed E-state index contributed by atoms with van der Waals surface area (Å²) in [5.74, 6) is 0.442. The van der Waals surface area contributed by atoms with E-state index in [-0.39, 0.29) is 23.9 Å². The molecule has 3 aromatic rings. The number of amides is 1. The van der Waals surface area contributed by atoms with Crippen molar-refractivity contribution in [3.8, 4) is 5.75 Å². The zero-order valence-electron chi connectivity index (χ0n) is 15.8. The van der Waals surface area contributed by atoms with Crippen molar-refractivity contribution in [1.29, 1.82) is 0 Å². The monoisotopic (exact) mass is 433 g/mol. The van der Waals surface area contributed by atoms with Crippen LogP contribution in [-0.2, 0) is 10.0 Å². The number of hydrogen-bond donors (Lipinski definition) is 1. The van der Waals surface area contributed by atoms with Gasteiger partial charge in [-0.15, -0.1) is 0 Å². The molecule has 29 heavy (non-hydrogen) atoms. The summed E-state index contributed by atoms with van der Waals surface area (Å²) in [5, 5.41) is 1.47. The second-order valence-electron chi connectivity index (χ2n) is 6.79. The lowest BCUT2D eigenvalue weighted by atomic mass is 10.2. The third kappa shape index (κ3) is 3.83. The Bertz CT molecular complexity index is 1150. The first-order valence-electron chi connectivity index (χ1n) is 9.10. The highest BCUT2D eigenvalue weighted by atomic mass is 35.5. The van der Waals surface area contributed by atoms with E-state index < -0.39 is 10.0 Å². The number of rotatable bonds is 4. The van der Waals surface area contributed by atoms with Crippen LogP contribution in [0.3, 0.4) is 0 Å². The molecule has 0 radical (unpaired) electrons. The van der Waals surface area contributed by atoms with Crippen molar-refractivity contribution in [2.75, 3.05) is 33.3 Å². The van der Waals surface area contributed by atoms with Crippen molar-refractivity contribution < 1.29 is 17.9 Å². The number of methoxy groups -OCH3 is 1. The second kappa shape index (κ2) is 7.70. The lowest BCUT2D eigenvalue weighted by Crippen LogP contribution is -2.50. The lowest BCUT2D eigenvalue weighted by molar-refractivity contribution is 0.0693. The maximum atomic E-state index is 12.8. The summed E-state index contributed by atoms with van der Waals surface area (Å²) in [6, 6.07) is 13.4. The standard InChI is InChI=1S/C20H20ClN3O4S/c1-28-16-3-5-17(6-4-16)29(26,27)24-10-8-23(9-11-24)20(25)19-13-14-12-15(21)2-7-18(14)22-19/h2-7,12-13,22H,8-11H2,1H3. The van der Waals surface area contributed by atoms with Crippen LogP contribution in [0.2, 0.25) is 5.02 Å². The highest BCUT2D eigenvalue weighted by molar-refractivity contribution is 7.89. The van der Waals surface area contributed by atoms with Crippen molar-refractivity contribution >= 4 is 38.4 Å². The van der Waals surface area contributed by atoms with E-state index in [1.807, 2.05) is 6.07 Å². The van der Waals surface area contributed by atoms with Gasteiger partial charge in [0.05, 0.1) is 12.0 Å². The largest absolute Gasteiger partial charge is 0.497 e. The van der Waals surface area contributed by atoms with E-state index in [1.165, 1.54) is 23.5 Å². The van der Waals surface area contributed by atoms with Gasteiger partial charge in [-0.05, 0) is 48.5 Å². The quantitative estimate of drug-likeness (QED) is 0.685. The number of carbonyl (C=O) groups is 1. The van der Waals surface area contributed by atoms with E-state index in [1.54, 1.807) is 35.2 Å². The molecule has 1 aromatic heterocycles. The van der Waals surface area contributed by atoms with Gasteiger partial charge in [0.1, 0.15) is 11.4 Å². The van der Waals surface area contributed by atoms with Gasteiger partial charge in [-0.2, -0.15) is 4.31 Å². The molecule has 0 spiro atoms. The minimum absolute atomic E-state index is 0.154. The van der Waals surface area contributed by atoms with Gasteiger partial charge < -0.3 is 14.6 Å². The fraction of sp³-hybridized carbons (Fsp3) is 0.250. The Hall–Kier alpha value is -2.55. The molecule has 0 atom stereocenters. The van der Waals surface area contributed by atoms with E-state index in [0.29, 0.717) is 29.6 Å². The molecule has 1 aliphatic rings. The van der Waals surface area contributed by atoms with Crippen molar-refractivity contribution in [3.63, 3.8) is 0 Å². The lowest BCUT2D eigenvalue weighted by Gasteiger charge is -2.33. The summed E-state index contributed by atoms with van der Waals surface area (Å²) in [4.78, 5) is 17.8. The Kier molecular flexibility index (Phi) is 5.24. The molecule has 1 N–H and O–H groups in total. The number of carbonyl (C=O) groups excluding carboxylic acids is 1. The average Bonchev–Trinajstić information content (AvgIpc) is 3.16. The first-order valence-corrected chi connectivity index (χ1v) is 10.9. The maximum Gasteiger partial charge on any atom is 0.270 e. The molecule has 1 aliphatic heterocycles. The summed E-state index contributed by atoms with van der Waals surface area (Å²) < 4.78 is 32.2. The third-order valence-electron chi connectivity index (χ3n) is 5.04. The topological polar surface area (TPSA) is 82.7 Å². The number of fused-ring (bicyclic) bond motifs is 1. The highest BCUT2D eigenvalue weighted by Crippen LogP contribution is 2.23. The molecule has 1 amide bonds. The van der Waals surface area contributed by atoms with Crippen LogP contribution in [0.4, 0.5) is 0 Å². The Morgan fingerprint density at radius 2 is 1.72 bits per heavy atom. The summed E-state index contributed by atoms with van der Waals surface area (Å²) >= 11 is 6.00. The van der Waals surface area contributed by atoms with Crippen molar-refractivity contribution in [3.05, 3.63) is 59.2 Å². The molecular weight excluding hydrogens is 414 g/mol. The van der Waals surface area contributed by atoms with Gasteiger partial charge in [-0.1, -0.05) is 11.6 Å². The summed E-state index contributed by atoms with van der Waals surface area (Å²) in [7, 11) is -2.08. The number of H-pyrrole nitrogens is 1. The van der Waals surface area contributed by atoms with E-state index in [2.05, 4.69) is 4.98 Å². The Morgan fingerprint density at radius 1 is 1.03 bits per heavy atom. The van der Waals surface area contributed by atoms with Gasteiger partial charge in [-0.25, -0.2) is 8.42 Å². The van der Waals surface area contributed by atoms with E-state index in [0.717, 1.165) is 10.9 Å². The molecule has 7 nitrogen and oxygen atoms in total. The summed E-state index contributed by atoms with van der Waals surface area (Å²) in [5.41, 5.74) is 1.30. The van der Waals surface area contributed by atoms with Gasteiger partial charge in [0, 0.05) is 42.1 Å². The van der Waals surface area contributed by atoms with E-state index in [9.17, 15) is 13.2 Å². The minimum Gasteiger partial charge on any atom is -0.497 e. The fourth-order valence-corrected chi connectivity index (χ4v) is 5.02. The van der Waals surface area contributed by atoms with Crippen LogP contribution in [0.25, 0.3) is 10.9 Å². The Balaban J connectivity index is 1.45. The molecule has 1 saturated heterocycles. The van der Waals surface area contributed by atoms with Crippen molar-refractivity contribution in [2.24, 2.45) is 0 Å². The Morgan fingerprint density at radius 3 is 2.38 bits per heavy atom. The Labute approximate surface area is 173 Å². The van der Waals surface area contributed by atoms with Gasteiger partial charge in [0.2, 0.25) is 10.0 Å². The number of nitrogens with one attached hydrogen (secondary N) is 1. The number of sulfonamides is 1. The smallest absolute Gasteiger partial charge is 0.270 e. The second-order valence-corrected chi connectivity index (χ2v) is 9.16. The van der Waals surface area contributed by atoms with Crippen LogP contribution in [0.15, 0.2) is 53.4 Å². The predicted octanol–water partition coefficient (Wildman–Crippen LogP) is 2.98. The van der Waals surface area contributed by atoms with Crippen LogP contribution in [0.1, 0.15) is 10.5 Å². The number of piperazine rings is 1. The average molecular weight is 434 g/mol. The molecule has 2 aromatic carbocycles. The fourth-order valence-electron chi connectivity index (χ4n) is 3.42. The SMILES string of the molecule is COc1ccc(S(=O)(=O)N2CCN(C(=O)c3cc4cc(Cl)ccc4[nH]3)CC2)cc1. The number of aromatic nitrogens is 1. The van der Waals surface area contributed by atoms with Crippen LogP contribution in [0, 0.1) is 0 Å². The van der Waals surface area contributed by atoms with Gasteiger partial charge in [0.25, 0.3) is 5.91 Å². The first kappa shape index (κ1) is 19.8. The molecule has 0 aliphatic carbocycles. The van der Waals surface area contributed by atoms with E-state index in [4.69, 9.17) is 16.3 Å². The first-order chi connectivity index (χ1) is 13.9. The number of benzene rings is 2. The molecule has 2 heterocycles. The zero-order chi connectivity index (χ0) is 20.6. The number of aromatic amines is 1. The molecule has 1 fully saturated rings. The van der Waals surface area contributed by atoms with E-state index >= 15 is 0 Å². The molecule has 9 heteroatoms. The molecule has 0 bridgehead atoms. The predicted molar refractivity (Wildman–Crippen MR) is 111 cm³/mol. The normalized spacial score (nSPS) is 15.6. The van der Waals surface area contributed by atoms with Crippen molar-refractivity contribution in [1.82, 2.24) is 14.2 Å². The maximum absolute atomic E-state index is 12.8. The summed E-state index contributed by atoms with van der Waals surface area (Å²) in [6.07, 6.45) is 0. The molecule has 4 rings (SSSR count). The third-order valence-corrected chi connectivity index (χ3v) is 7.18. The van der Waals surface area contributed by atoms with Crippen LogP contribution in [0.5, 0.6) is 5.75 Å². The number of halogens is 1. The van der Waals surface area contributed by atoms with Gasteiger partial charge in [-0.3, -0.25) is 4.79 Å². The molecule has 0 unspecified atom stereocenters.